The molecule has 0 fully saturated rings. The first kappa shape index (κ1) is 13.0. The highest BCUT2D eigenvalue weighted by Gasteiger charge is 2.10. The van der Waals surface area contributed by atoms with Crippen LogP contribution in [0.2, 0.25) is 0 Å². The van der Waals surface area contributed by atoms with Gasteiger partial charge in [0, 0.05) is 5.92 Å². The molecule has 0 saturated carbocycles. The molecule has 0 aliphatic heterocycles. The molecule has 2 N–H and O–H groups in total. The van der Waals surface area contributed by atoms with Crippen molar-refractivity contribution in [1.29, 1.82) is 0 Å². The first-order valence-electron chi connectivity index (χ1n) is 5.53. The fraction of sp³-hybridized carbons (Fsp3) is 0.462. The lowest BCUT2D eigenvalue weighted by molar-refractivity contribution is 0.408. The summed E-state index contributed by atoms with van der Waals surface area (Å²) in [5.41, 5.74) is 8.13. The van der Waals surface area contributed by atoms with Gasteiger partial charge in [0.2, 0.25) is 0 Å². The second kappa shape index (κ2) is 5.85. The molecule has 1 aromatic carbocycles. The van der Waals surface area contributed by atoms with Crippen LogP contribution < -0.4 is 10.5 Å². The van der Waals surface area contributed by atoms with E-state index >= 15 is 0 Å². The first-order chi connectivity index (χ1) is 7.58. The molecule has 0 bridgehead atoms. The van der Waals surface area contributed by atoms with Crippen LogP contribution in [0.25, 0.3) is 0 Å². The van der Waals surface area contributed by atoms with Crippen molar-refractivity contribution < 1.29 is 4.74 Å². The standard InChI is InChI=1S/C13H19NOS/c1-4-10-5-6-12(15-3)11(8-10)7-9(2)13(14)16/h5-6,8-9H,4,7H2,1-3H3,(H2,14,16). The van der Waals surface area contributed by atoms with E-state index in [-0.39, 0.29) is 5.92 Å². The monoisotopic (exact) mass is 237 g/mol. The van der Waals surface area contributed by atoms with Crippen LogP contribution in [0, 0.1) is 5.92 Å². The lowest BCUT2D eigenvalue weighted by atomic mass is 9.98. The second-order valence-electron chi connectivity index (χ2n) is 4.01. The normalized spacial score (nSPS) is 12.2. The van der Waals surface area contributed by atoms with Gasteiger partial charge in [-0.25, -0.2) is 0 Å². The number of ether oxygens (including phenoxy) is 1. The van der Waals surface area contributed by atoms with Crippen LogP contribution in [0.1, 0.15) is 25.0 Å². The van der Waals surface area contributed by atoms with Gasteiger partial charge in [-0.1, -0.05) is 38.2 Å². The highest BCUT2D eigenvalue weighted by molar-refractivity contribution is 7.80. The van der Waals surface area contributed by atoms with Crippen LogP contribution in [0.5, 0.6) is 5.75 Å². The molecule has 0 heterocycles. The number of aryl methyl sites for hydroxylation is 1. The molecule has 16 heavy (non-hydrogen) atoms. The molecule has 1 aromatic rings. The van der Waals surface area contributed by atoms with Gasteiger partial charge in [-0.2, -0.15) is 0 Å². The minimum atomic E-state index is 0.205. The van der Waals surface area contributed by atoms with Gasteiger partial charge in [0.15, 0.2) is 0 Å². The molecule has 0 aromatic heterocycles. The lowest BCUT2D eigenvalue weighted by Gasteiger charge is -2.14. The van der Waals surface area contributed by atoms with E-state index < -0.39 is 0 Å². The van der Waals surface area contributed by atoms with E-state index in [4.69, 9.17) is 22.7 Å². The van der Waals surface area contributed by atoms with Gasteiger partial charge in [-0.15, -0.1) is 0 Å². The van der Waals surface area contributed by atoms with E-state index in [2.05, 4.69) is 19.1 Å². The average Bonchev–Trinajstić information content (AvgIpc) is 2.28. The molecule has 0 saturated heterocycles. The molecule has 0 amide bonds. The fourth-order valence-corrected chi connectivity index (χ4v) is 1.73. The quantitative estimate of drug-likeness (QED) is 0.800. The van der Waals surface area contributed by atoms with Crippen molar-refractivity contribution in [2.75, 3.05) is 7.11 Å². The largest absolute Gasteiger partial charge is 0.496 e. The summed E-state index contributed by atoms with van der Waals surface area (Å²) >= 11 is 5.00. The average molecular weight is 237 g/mol. The van der Waals surface area contributed by atoms with Crippen LogP contribution >= 0.6 is 12.2 Å². The van der Waals surface area contributed by atoms with Gasteiger partial charge in [-0.3, -0.25) is 0 Å². The van der Waals surface area contributed by atoms with Crippen molar-refractivity contribution in [3.63, 3.8) is 0 Å². The molecule has 0 spiro atoms. The summed E-state index contributed by atoms with van der Waals surface area (Å²) in [6, 6.07) is 6.28. The minimum Gasteiger partial charge on any atom is -0.496 e. The van der Waals surface area contributed by atoms with E-state index in [1.807, 2.05) is 13.0 Å². The smallest absolute Gasteiger partial charge is 0.122 e. The Kier molecular flexibility index (Phi) is 4.74. The van der Waals surface area contributed by atoms with Crippen LogP contribution in [-0.2, 0) is 12.8 Å². The number of methoxy groups -OCH3 is 1. The van der Waals surface area contributed by atoms with Crippen LogP contribution in [0.4, 0.5) is 0 Å². The van der Waals surface area contributed by atoms with Crippen molar-refractivity contribution in [3.05, 3.63) is 29.3 Å². The molecular weight excluding hydrogens is 218 g/mol. The summed E-state index contributed by atoms with van der Waals surface area (Å²) in [6.07, 6.45) is 1.87. The molecule has 3 heteroatoms. The summed E-state index contributed by atoms with van der Waals surface area (Å²) in [4.78, 5) is 0.559. The van der Waals surface area contributed by atoms with E-state index in [0.717, 1.165) is 18.6 Å². The van der Waals surface area contributed by atoms with Crippen LogP contribution in [0.3, 0.4) is 0 Å². The van der Waals surface area contributed by atoms with Crippen molar-refractivity contribution in [1.82, 2.24) is 0 Å². The molecule has 1 rings (SSSR count). The SMILES string of the molecule is CCc1ccc(OC)c(CC(C)C(N)=S)c1. The molecular formula is C13H19NOS. The number of rotatable bonds is 5. The third-order valence-corrected chi connectivity index (χ3v) is 3.17. The van der Waals surface area contributed by atoms with Crippen molar-refractivity contribution in [2.45, 2.75) is 26.7 Å². The third-order valence-electron chi connectivity index (χ3n) is 2.76. The maximum atomic E-state index is 5.64. The Balaban J connectivity index is 2.95. The lowest BCUT2D eigenvalue weighted by Crippen LogP contribution is -2.20. The van der Waals surface area contributed by atoms with Gasteiger partial charge >= 0.3 is 0 Å². The van der Waals surface area contributed by atoms with Gasteiger partial charge in [0.1, 0.15) is 5.75 Å². The zero-order chi connectivity index (χ0) is 12.1. The summed E-state index contributed by atoms with van der Waals surface area (Å²) < 4.78 is 5.34. The molecule has 1 unspecified atom stereocenters. The minimum absolute atomic E-state index is 0.205. The van der Waals surface area contributed by atoms with Gasteiger partial charge in [0.05, 0.1) is 12.1 Å². The Morgan fingerprint density at radius 2 is 2.19 bits per heavy atom. The molecule has 0 radical (unpaired) electrons. The van der Waals surface area contributed by atoms with Gasteiger partial charge in [-0.05, 0) is 30.0 Å². The van der Waals surface area contributed by atoms with Crippen molar-refractivity contribution in [3.8, 4) is 5.75 Å². The number of benzene rings is 1. The zero-order valence-electron chi connectivity index (χ0n) is 10.1. The summed E-state index contributed by atoms with van der Waals surface area (Å²) in [5.74, 6) is 1.12. The Bertz CT molecular complexity index is 376. The topological polar surface area (TPSA) is 35.2 Å². The maximum absolute atomic E-state index is 5.64. The fourth-order valence-electron chi connectivity index (χ4n) is 1.64. The molecule has 0 aliphatic carbocycles. The Labute approximate surface area is 103 Å². The van der Waals surface area contributed by atoms with Crippen LogP contribution in [-0.4, -0.2) is 12.1 Å². The summed E-state index contributed by atoms with van der Waals surface area (Å²) in [5, 5.41) is 0. The second-order valence-corrected chi connectivity index (χ2v) is 4.48. The predicted octanol–water partition coefficient (Wildman–Crippen LogP) is 2.72. The number of hydrogen-bond acceptors (Lipinski definition) is 2. The first-order valence-corrected chi connectivity index (χ1v) is 5.94. The van der Waals surface area contributed by atoms with Crippen LogP contribution in [0.15, 0.2) is 18.2 Å². The van der Waals surface area contributed by atoms with E-state index in [1.165, 1.54) is 11.1 Å². The molecule has 1 atom stereocenters. The van der Waals surface area contributed by atoms with E-state index in [9.17, 15) is 0 Å². The van der Waals surface area contributed by atoms with E-state index in [0.29, 0.717) is 4.99 Å². The summed E-state index contributed by atoms with van der Waals surface area (Å²) in [6.45, 7) is 4.18. The highest BCUT2D eigenvalue weighted by atomic mass is 32.1. The Hall–Kier alpha value is -1.09. The van der Waals surface area contributed by atoms with Gasteiger partial charge < -0.3 is 10.5 Å². The maximum Gasteiger partial charge on any atom is 0.122 e. The van der Waals surface area contributed by atoms with Crippen molar-refractivity contribution in [2.24, 2.45) is 11.7 Å². The molecule has 2 nitrogen and oxygen atoms in total. The number of hydrogen-bond donors (Lipinski definition) is 1. The number of thiocarbonyl (C=S) groups is 1. The highest BCUT2D eigenvalue weighted by Crippen LogP contribution is 2.23. The predicted molar refractivity (Wildman–Crippen MR) is 72.0 cm³/mol. The molecule has 0 aliphatic rings. The Morgan fingerprint density at radius 3 is 2.69 bits per heavy atom. The van der Waals surface area contributed by atoms with Gasteiger partial charge in [0.25, 0.3) is 0 Å². The Morgan fingerprint density at radius 1 is 1.50 bits per heavy atom. The van der Waals surface area contributed by atoms with Crippen molar-refractivity contribution >= 4 is 17.2 Å². The molecule has 88 valence electrons. The number of nitrogens with two attached hydrogens (primary N) is 1. The summed E-state index contributed by atoms with van der Waals surface area (Å²) in [7, 11) is 1.69. The zero-order valence-corrected chi connectivity index (χ0v) is 10.9. The third kappa shape index (κ3) is 3.20. The van der Waals surface area contributed by atoms with E-state index in [1.54, 1.807) is 7.11 Å².